The molecule has 0 N–H and O–H groups in total. The van der Waals surface area contributed by atoms with Crippen molar-refractivity contribution in [2.24, 2.45) is 7.05 Å². The SMILES string of the molecule is CCCCCCCCCCCCOc1ccc(CN(Cc2cccc[n+]2C)C(=O)c2ccccc2OC)cc1Cl. The smallest absolute Gasteiger partial charge is 0.258 e. The number of para-hydroxylation sites is 1. The highest BCUT2D eigenvalue weighted by Crippen LogP contribution is 2.28. The molecule has 0 aliphatic carbocycles. The molecule has 2 aromatic carbocycles. The zero-order valence-electron chi connectivity index (χ0n) is 24.5. The highest BCUT2D eigenvalue weighted by molar-refractivity contribution is 6.32. The first kappa shape index (κ1) is 31.5. The number of halogens is 1. The fraction of sp³-hybridized carbons (Fsp3) is 0.471. The first-order chi connectivity index (χ1) is 19.5. The Kier molecular flexibility index (Phi) is 13.9. The number of pyridine rings is 1. The lowest BCUT2D eigenvalue weighted by Crippen LogP contribution is -2.39. The minimum Gasteiger partial charge on any atom is -0.496 e. The first-order valence-electron chi connectivity index (χ1n) is 14.8. The van der Waals surface area contributed by atoms with Gasteiger partial charge in [0, 0.05) is 18.7 Å². The molecule has 1 aromatic heterocycles. The van der Waals surface area contributed by atoms with E-state index in [1.807, 2.05) is 77.3 Å². The van der Waals surface area contributed by atoms with Crippen LogP contribution in [-0.2, 0) is 20.1 Å². The van der Waals surface area contributed by atoms with Crippen LogP contribution in [0.5, 0.6) is 11.5 Å². The molecule has 40 heavy (non-hydrogen) atoms. The van der Waals surface area contributed by atoms with E-state index in [9.17, 15) is 4.79 Å². The standard InChI is InChI=1S/C34H46ClN2O3/c1-4-5-6-7-8-9-10-11-12-17-24-40-33-22-21-28(25-31(33)35)26-37(27-29-18-15-16-23-36(29)2)34(38)30-19-13-14-20-32(30)39-3/h13-16,18-23,25H,4-12,17,24,26-27H2,1-3H3/q+1. The minimum absolute atomic E-state index is 0.0984. The van der Waals surface area contributed by atoms with E-state index in [0.29, 0.717) is 41.8 Å². The molecule has 0 saturated heterocycles. The molecule has 1 heterocycles. The molecular formula is C34H46ClN2O3+. The van der Waals surface area contributed by atoms with E-state index in [1.54, 1.807) is 13.2 Å². The third-order valence-corrected chi connectivity index (χ3v) is 7.56. The van der Waals surface area contributed by atoms with Gasteiger partial charge in [-0.15, -0.1) is 0 Å². The Morgan fingerprint density at radius 2 is 1.50 bits per heavy atom. The van der Waals surface area contributed by atoms with Crippen LogP contribution in [0.2, 0.25) is 5.02 Å². The van der Waals surface area contributed by atoms with E-state index in [1.165, 1.54) is 57.8 Å². The number of aromatic nitrogens is 1. The van der Waals surface area contributed by atoms with Gasteiger partial charge in [-0.25, -0.2) is 4.57 Å². The number of hydrogen-bond acceptors (Lipinski definition) is 3. The van der Waals surface area contributed by atoms with Crippen molar-refractivity contribution < 1.29 is 18.8 Å². The van der Waals surface area contributed by atoms with Crippen molar-refractivity contribution in [3.63, 3.8) is 0 Å². The molecule has 0 bridgehead atoms. The van der Waals surface area contributed by atoms with Crippen LogP contribution in [0.1, 0.15) is 92.7 Å². The lowest BCUT2D eigenvalue weighted by atomic mass is 10.1. The summed E-state index contributed by atoms with van der Waals surface area (Å²) >= 11 is 6.62. The Labute approximate surface area is 246 Å². The van der Waals surface area contributed by atoms with Crippen LogP contribution in [0, 0.1) is 0 Å². The van der Waals surface area contributed by atoms with Crippen molar-refractivity contribution in [1.29, 1.82) is 0 Å². The number of hydrogen-bond donors (Lipinski definition) is 0. The molecule has 0 fully saturated rings. The van der Waals surface area contributed by atoms with Gasteiger partial charge >= 0.3 is 0 Å². The Morgan fingerprint density at radius 1 is 0.825 bits per heavy atom. The van der Waals surface area contributed by atoms with Crippen LogP contribution < -0.4 is 14.0 Å². The largest absolute Gasteiger partial charge is 0.496 e. The van der Waals surface area contributed by atoms with Crippen molar-refractivity contribution in [2.45, 2.75) is 84.2 Å². The highest BCUT2D eigenvalue weighted by atomic mass is 35.5. The number of methoxy groups -OCH3 is 1. The normalized spacial score (nSPS) is 10.9. The number of rotatable bonds is 18. The van der Waals surface area contributed by atoms with Crippen molar-refractivity contribution in [2.75, 3.05) is 13.7 Å². The molecule has 3 rings (SSSR count). The summed E-state index contributed by atoms with van der Waals surface area (Å²) in [7, 11) is 3.57. The van der Waals surface area contributed by atoms with Gasteiger partial charge in [0.1, 0.15) is 25.1 Å². The number of ether oxygens (including phenoxy) is 2. The molecule has 0 spiro atoms. The second kappa shape index (κ2) is 17.6. The average Bonchev–Trinajstić information content (AvgIpc) is 2.97. The fourth-order valence-electron chi connectivity index (χ4n) is 4.86. The summed E-state index contributed by atoms with van der Waals surface area (Å²) in [6, 6.07) is 19.1. The lowest BCUT2D eigenvalue weighted by Gasteiger charge is -2.23. The van der Waals surface area contributed by atoms with Crippen molar-refractivity contribution in [1.82, 2.24) is 4.90 Å². The number of amides is 1. The summed E-state index contributed by atoms with van der Waals surface area (Å²) in [4.78, 5) is 15.5. The van der Waals surface area contributed by atoms with E-state index >= 15 is 0 Å². The molecule has 1 amide bonds. The molecular weight excluding hydrogens is 520 g/mol. The first-order valence-corrected chi connectivity index (χ1v) is 15.2. The van der Waals surface area contributed by atoms with Crippen molar-refractivity contribution in [3.05, 3.63) is 88.7 Å². The van der Waals surface area contributed by atoms with Gasteiger partial charge in [-0.2, -0.15) is 0 Å². The Hall–Kier alpha value is -3.05. The number of carbonyl (C=O) groups is 1. The molecule has 0 radical (unpaired) electrons. The third kappa shape index (κ3) is 10.2. The van der Waals surface area contributed by atoms with Gasteiger partial charge in [0.25, 0.3) is 5.91 Å². The Morgan fingerprint density at radius 3 is 2.17 bits per heavy atom. The van der Waals surface area contributed by atoms with E-state index in [4.69, 9.17) is 21.1 Å². The zero-order chi connectivity index (χ0) is 28.6. The second-order valence-electron chi connectivity index (χ2n) is 10.5. The van der Waals surface area contributed by atoms with Gasteiger partial charge in [0.15, 0.2) is 6.20 Å². The van der Waals surface area contributed by atoms with Gasteiger partial charge in [-0.05, 0) is 36.2 Å². The molecule has 5 nitrogen and oxygen atoms in total. The summed E-state index contributed by atoms with van der Waals surface area (Å²) in [5, 5.41) is 0.569. The lowest BCUT2D eigenvalue weighted by molar-refractivity contribution is -0.680. The van der Waals surface area contributed by atoms with Crippen LogP contribution in [-0.4, -0.2) is 24.5 Å². The predicted octanol–water partition coefficient (Wildman–Crippen LogP) is 8.32. The van der Waals surface area contributed by atoms with Crippen LogP contribution >= 0.6 is 11.6 Å². The number of unbranched alkanes of at least 4 members (excludes halogenated alkanes) is 9. The molecule has 6 heteroatoms. The van der Waals surface area contributed by atoms with E-state index < -0.39 is 0 Å². The summed E-state index contributed by atoms with van der Waals surface area (Å²) < 4.78 is 13.5. The Bertz CT molecular complexity index is 1180. The summed E-state index contributed by atoms with van der Waals surface area (Å²) in [5.74, 6) is 1.15. The fourth-order valence-corrected chi connectivity index (χ4v) is 5.12. The summed E-state index contributed by atoms with van der Waals surface area (Å²) in [6.07, 6.45) is 14.9. The molecule has 0 aliphatic rings. The molecule has 216 valence electrons. The van der Waals surface area contributed by atoms with Gasteiger partial charge in [-0.3, -0.25) is 4.79 Å². The quantitative estimate of drug-likeness (QED) is 0.115. The number of benzene rings is 2. The maximum absolute atomic E-state index is 13.7. The Balaban J connectivity index is 1.56. The molecule has 0 saturated carbocycles. The van der Waals surface area contributed by atoms with Gasteiger partial charge in [-0.1, -0.05) is 101 Å². The highest BCUT2D eigenvalue weighted by Gasteiger charge is 2.23. The maximum Gasteiger partial charge on any atom is 0.258 e. The molecule has 3 aromatic rings. The van der Waals surface area contributed by atoms with Gasteiger partial charge in [0.05, 0.1) is 24.3 Å². The van der Waals surface area contributed by atoms with Crippen LogP contribution in [0.4, 0.5) is 0 Å². The molecule has 0 atom stereocenters. The average molecular weight is 566 g/mol. The van der Waals surface area contributed by atoms with Gasteiger partial charge < -0.3 is 14.4 Å². The third-order valence-electron chi connectivity index (χ3n) is 7.27. The monoisotopic (exact) mass is 565 g/mol. The van der Waals surface area contributed by atoms with Crippen LogP contribution in [0.15, 0.2) is 66.9 Å². The van der Waals surface area contributed by atoms with E-state index in [-0.39, 0.29) is 5.91 Å². The van der Waals surface area contributed by atoms with Crippen LogP contribution in [0.3, 0.4) is 0 Å². The topological polar surface area (TPSA) is 42.7 Å². The van der Waals surface area contributed by atoms with Gasteiger partial charge in [0.2, 0.25) is 5.69 Å². The van der Waals surface area contributed by atoms with Crippen molar-refractivity contribution >= 4 is 17.5 Å². The summed E-state index contributed by atoms with van der Waals surface area (Å²) in [6.45, 7) is 3.78. The van der Waals surface area contributed by atoms with E-state index in [2.05, 4.69) is 6.92 Å². The van der Waals surface area contributed by atoms with Crippen molar-refractivity contribution in [3.8, 4) is 11.5 Å². The number of carbonyl (C=O) groups excluding carboxylic acids is 1. The predicted molar refractivity (Wildman–Crippen MR) is 163 cm³/mol. The molecule has 0 aliphatic heterocycles. The number of aryl methyl sites for hydroxylation is 1. The zero-order valence-corrected chi connectivity index (χ0v) is 25.3. The second-order valence-corrected chi connectivity index (χ2v) is 10.9. The van der Waals surface area contributed by atoms with Crippen LogP contribution in [0.25, 0.3) is 0 Å². The summed E-state index contributed by atoms with van der Waals surface area (Å²) in [5.41, 5.74) is 2.50. The minimum atomic E-state index is -0.0984. The number of nitrogens with zero attached hydrogens (tertiary/aromatic N) is 2. The van der Waals surface area contributed by atoms with E-state index in [0.717, 1.165) is 17.7 Å². The molecule has 0 unspecified atom stereocenters. The maximum atomic E-state index is 13.7.